The number of rotatable bonds is 2. The lowest BCUT2D eigenvalue weighted by Crippen LogP contribution is -2.39. The summed E-state index contributed by atoms with van der Waals surface area (Å²) in [6.45, 7) is 8.94. The molecule has 12 heavy (non-hydrogen) atoms. The van der Waals surface area contributed by atoms with Gasteiger partial charge in [0.2, 0.25) is 0 Å². The highest BCUT2D eigenvalue weighted by molar-refractivity contribution is 5.02. The van der Waals surface area contributed by atoms with E-state index >= 15 is 0 Å². The topological polar surface area (TPSA) is 3.24 Å². The Morgan fingerprint density at radius 1 is 1.50 bits per heavy atom. The summed E-state index contributed by atoms with van der Waals surface area (Å²) < 4.78 is 0. The van der Waals surface area contributed by atoms with Crippen LogP contribution in [0, 0.1) is 5.92 Å². The van der Waals surface area contributed by atoms with Crippen molar-refractivity contribution in [3.8, 4) is 0 Å². The molecule has 1 aliphatic carbocycles. The average molecular weight is 165 g/mol. The quantitative estimate of drug-likeness (QED) is 0.568. The molecule has 2 rings (SSSR count). The van der Waals surface area contributed by atoms with Crippen molar-refractivity contribution in [2.45, 2.75) is 38.6 Å². The molecule has 0 bridgehead atoms. The number of hydrogen-bond donors (Lipinski definition) is 0. The SMILES string of the molecule is C=C1CCCN(C(C)C2CC2)C1. The molecule has 2 aliphatic rings. The van der Waals surface area contributed by atoms with Crippen LogP contribution in [0.4, 0.5) is 0 Å². The number of nitrogens with zero attached hydrogens (tertiary/aromatic N) is 1. The van der Waals surface area contributed by atoms with E-state index in [4.69, 9.17) is 0 Å². The zero-order valence-corrected chi connectivity index (χ0v) is 8.05. The summed E-state index contributed by atoms with van der Waals surface area (Å²) in [6.07, 6.45) is 5.51. The molecule has 68 valence electrons. The summed E-state index contributed by atoms with van der Waals surface area (Å²) in [4.78, 5) is 2.61. The number of likely N-dealkylation sites (tertiary alicyclic amines) is 1. The fourth-order valence-electron chi connectivity index (χ4n) is 2.20. The Morgan fingerprint density at radius 3 is 2.83 bits per heavy atom. The molecule has 0 aromatic carbocycles. The van der Waals surface area contributed by atoms with Crippen molar-refractivity contribution < 1.29 is 0 Å². The molecule has 0 N–H and O–H groups in total. The average Bonchev–Trinajstić information content (AvgIpc) is 2.85. The zero-order valence-electron chi connectivity index (χ0n) is 8.05. The molecule has 0 aromatic rings. The van der Waals surface area contributed by atoms with Gasteiger partial charge in [-0.15, -0.1) is 0 Å². The molecule has 0 spiro atoms. The molecule has 1 nitrogen and oxygen atoms in total. The lowest BCUT2D eigenvalue weighted by Gasteiger charge is -2.33. The molecule has 1 aliphatic heterocycles. The van der Waals surface area contributed by atoms with Crippen LogP contribution in [0.15, 0.2) is 12.2 Å². The smallest absolute Gasteiger partial charge is 0.0193 e. The maximum Gasteiger partial charge on any atom is 0.0193 e. The van der Waals surface area contributed by atoms with E-state index in [2.05, 4.69) is 18.4 Å². The first-order valence-corrected chi connectivity index (χ1v) is 5.18. The molecule has 1 unspecified atom stereocenters. The third-order valence-corrected chi connectivity index (χ3v) is 3.28. The van der Waals surface area contributed by atoms with Crippen molar-refractivity contribution in [1.82, 2.24) is 4.90 Å². The van der Waals surface area contributed by atoms with Crippen LogP contribution in [-0.2, 0) is 0 Å². The molecule has 0 amide bonds. The molecular weight excluding hydrogens is 146 g/mol. The van der Waals surface area contributed by atoms with Gasteiger partial charge in [0.1, 0.15) is 0 Å². The lowest BCUT2D eigenvalue weighted by atomic mass is 10.0. The minimum atomic E-state index is 0.821. The number of hydrogen-bond acceptors (Lipinski definition) is 1. The maximum atomic E-state index is 4.08. The molecule has 1 heterocycles. The Morgan fingerprint density at radius 2 is 2.25 bits per heavy atom. The summed E-state index contributed by atoms with van der Waals surface area (Å²) in [5, 5.41) is 0. The largest absolute Gasteiger partial charge is 0.296 e. The third-order valence-electron chi connectivity index (χ3n) is 3.28. The predicted molar refractivity (Wildman–Crippen MR) is 52.1 cm³/mol. The van der Waals surface area contributed by atoms with Crippen LogP contribution in [0.2, 0.25) is 0 Å². The Kier molecular flexibility index (Phi) is 2.22. The van der Waals surface area contributed by atoms with Crippen molar-refractivity contribution in [2.24, 2.45) is 5.92 Å². The Balaban J connectivity index is 1.88. The third kappa shape index (κ3) is 1.71. The molecule has 0 aromatic heterocycles. The normalized spacial score (nSPS) is 28.9. The van der Waals surface area contributed by atoms with Crippen LogP contribution < -0.4 is 0 Å². The summed E-state index contributed by atoms with van der Waals surface area (Å²) in [5.41, 5.74) is 1.44. The summed E-state index contributed by atoms with van der Waals surface area (Å²) in [6, 6.07) is 0.821. The highest BCUT2D eigenvalue weighted by atomic mass is 15.2. The monoisotopic (exact) mass is 165 g/mol. The van der Waals surface area contributed by atoms with Gasteiger partial charge in [-0.25, -0.2) is 0 Å². The van der Waals surface area contributed by atoms with Gasteiger partial charge in [0.25, 0.3) is 0 Å². The van der Waals surface area contributed by atoms with Crippen LogP contribution in [0.3, 0.4) is 0 Å². The highest BCUT2D eigenvalue weighted by Crippen LogP contribution is 2.36. The molecule has 0 radical (unpaired) electrons. The van der Waals surface area contributed by atoms with Crippen LogP contribution >= 0.6 is 0 Å². The highest BCUT2D eigenvalue weighted by Gasteiger charge is 2.32. The van der Waals surface area contributed by atoms with Gasteiger partial charge in [-0.2, -0.15) is 0 Å². The first-order valence-electron chi connectivity index (χ1n) is 5.18. The van der Waals surface area contributed by atoms with Gasteiger partial charge >= 0.3 is 0 Å². The van der Waals surface area contributed by atoms with E-state index in [1.807, 2.05) is 0 Å². The van der Waals surface area contributed by atoms with Gasteiger partial charge < -0.3 is 0 Å². The Labute approximate surface area is 75.4 Å². The van der Waals surface area contributed by atoms with Crippen molar-refractivity contribution >= 4 is 0 Å². The standard InChI is InChI=1S/C11H19N/c1-9-4-3-7-12(8-9)10(2)11-5-6-11/h10-11H,1,3-8H2,2H3. The second-order valence-corrected chi connectivity index (χ2v) is 4.40. The van der Waals surface area contributed by atoms with Gasteiger partial charge in [0.15, 0.2) is 0 Å². The first-order chi connectivity index (χ1) is 5.77. The van der Waals surface area contributed by atoms with E-state index < -0.39 is 0 Å². The molecular formula is C11H19N. The number of piperidine rings is 1. The summed E-state index contributed by atoms with van der Waals surface area (Å²) >= 11 is 0. The minimum absolute atomic E-state index is 0.821. The van der Waals surface area contributed by atoms with Crippen LogP contribution in [0.5, 0.6) is 0 Å². The predicted octanol–water partition coefficient (Wildman–Crippen LogP) is 2.44. The molecule has 1 atom stereocenters. The van der Waals surface area contributed by atoms with E-state index in [-0.39, 0.29) is 0 Å². The molecule has 1 saturated heterocycles. The minimum Gasteiger partial charge on any atom is -0.296 e. The van der Waals surface area contributed by atoms with E-state index in [9.17, 15) is 0 Å². The fourth-order valence-corrected chi connectivity index (χ4v) is 2.20. The Bertz CT molecular complexity index is 181. The van der Waals surface area contributed by atoms with Gasteiger partial charge in [0, 0.05) is 12.6 Å². The molecule has 2 fully saturated rings. The van der Waals surface area contributed by atoms with Gasteiger partial charge in [0.05, 0.1) is 0 Å². The van der Waals surface area contributed by atoms with Crippen molar-refractivity contribution in [2.75, 3.05) is 13.1 Å². The van der Waals surface area contributed by atoms with Crippen molar-refractivity contribution in [1.29, 1.82) is 0 Å². The summed E-state index contributed by atoms with van der Waals surface area (Å²) in [5.74, 6) is 1.01. The van der Waals surface area contributed by atoms with Crippen LogP contribution in [0.25, 0.3) is 0 Å². The molecule has 1 heteroatoms. The van der Waals surface area contributed by atoms with Gasteiger partial charge in [-0.1, -0.05) is 12.2 Å². The Hall–Kier alpha value is -0.300. The summed E-state index contributed by atoms with van der Waals surface area (Å²) in [7, 11) is 0. The second-order valence-electron chi connectivity index (χ2n) is 4.40. The fraction of sp³-hybridized carbons (Fsp3) is 0.818. The second kappa shape index (κ2) is 3.21. The van der Waals surface area contributed by atoms with Crippen LogP contribution in [0.1, 0.15) is 32.6 Å². The van der Waals surface area contributed by atoms with Gasteiger partial charge in [-0.05, 0) is 45.1 Å². The van der Waals surface area contributed by atoms with Crippen molar-refractivity contribution in [3.05, 3.63) is 12.2 Å². The van der Waals surface area contributed by atoms with E-state index in [1.165, 1.54) is 37.8 Å². The zero-order chi connectivity index (χ0) is 8.55. The van der Waals surface area contributed by atoms with E-state index in [1.54, 1.807) is 0 Å². The van der Waals surface area contributed by atoms with Crippen LogP contribution in [-0.4, -0.2) is 24.0 Å². The molecule has 1 saturated carbocycles. The maximum absolute atomic E-state index is 4.08. The van der Waals surface area contributed by atoms with E-state index in [0.29, 0.717) is 0 Å². The van der Waals surface area contributed by atoms with Gasteiger partial charge in [-0.3, -0.25) is 4.90 Å². The first kappa shape index (κ1) is 8.31. The van der Waals surface area contributed by atoms with Crippen molar-refractivity contribution in [3.63, 3.8) is 0 Å². The van der Waals surface area contributed by atoms with E-state index in [0.717, 1.165) is 18.5 Å². The lowest BCUT2D eigenvalue weighted by molar-refractivity contribution is 0.185.